The lowest BCUT2D eigenvalue weighted by Gasteiger charge is -2.38. The Morgan fingerprint density at radius 2 is 2.04 bits per heavy atom. The number of carbonyl (C=O) groups excluding carboxylic acids is 2. The quantitative estimate of drug-likeness (QED) is 0.855. The molecule has 7 nitrogen and oxygen atoms in total. The third kappa shape index (κ3) is 3.44. The van der Waals surface area contributed by atoms with Crippen molar-refractivity contribution >= 4 is 23.5 Å². The number of hydrogen-bond acceptors (Lipinski definition) is 4. The first kappa shape index (κ1) is 16.8. The number of anilines is 1. The van der Waals surface area contributed by atoms with E-state index in [1.54, 1.807) is 13.8 Å². The Balaban J connectivity index is 2.36. The van der Waals surface area contributed by atoms with Gasteiger partial charge in [-0.05, 0) is 38.5 Å². The first-order chi connectivity index (χ1) is 10.8. The van der Waals surface area contributed by atoms with Gasteiger partial charge < -0.3 is 15.2 Å². The van der Waals surface area contributed by atoms with E-state index < -0.39 is 11.6 Å². The SMILES string of the molecule is CCCNC(=O)CN1C(=O)C(C)(C)Oc2cc(C(=O)O)ccc21. The fourth-order valence-corrected chi connectivity index (χ4v) is 2.33. The second kappa shape index (κ2) is 6.28. The number of nitrogens with zero attached hydrogens (tertiary/aromatic N) is 1. The number of carbonyl (C=O) groups is 3. The molecule has 0 unspecified atom stereocenters. The molecule has 124 valence electrons. The molecular weight excluding hydrogens is 300 g/mol. The van der Waals surface area contributed by atoms with Crippen molar-refractivity contribution in [3.8, 4) is 5.75 Å². The van der Waals surface area contributed by atoms with Gasteiger partial charge in [-0.3, -0.25) is 14.5 Å². The molecular formula is C16H20N2O5. The summed E-state index contributed by atoms with van der Waals surface area (Å²) in [5.74, 6) is -1.43. The number of aromatic carboxylic acids is 1. The van der Waals surface area contributed by atoms with Gasteiger partial charge >= 0.3 is 5.97 Å². The molecule has 0 saturated carbocycles. The fraction of sp³-hybridized carbons (Fsp3) is 0.438. The van der Waals surface area contributed by atoms with E-state index in [9.17, 15) is 14.4 Å². The zero-order valence-electron chi connectivity index (χ0n) is 13.4. The van der Waals surface area contributed by atoms with Crippen molar-refractivity contribution in [3.63, 3.8) is 0 Å². The second-order valence-electron chi connectivity index (χ2n) is 5.84. The van der Waals surface area contributed by atoms with Crippen LogP contribution in [0.4, 0.5) is 5.69 Å². The normalized spacial score (nSPS) is 15.6. The van der Waals surface area contributed by atoms with E-state index in [4.69, 9.17) is 9.84 Å². The molecule has 1 aliphatic heterocycles. The van der Waals surface area contributed by atoms with Gasteiger partial charge in [-0.2, -0.15) is 0 Å². The van der Waals surface area contributed by atoms with Crippen LogP contribution in [0, 0.1) is 0 Å². The molecule has 1 aliphatic rings. The van der Waals surface area contributed by atoms with E-state index in [-0.39, 0.29) is 29.7 Å². The second-order valence-corrected chi connectivity index (χ2v) is 5.84. The number of benzene rings is 1. The smallest absolute Gasteiger partial charge is 0.335 e. The Morgan fingerprint density at radius 1 is 1.35 bits per heavy atom. The largest absolute Gasteiger partial charge is 0.478 e. The van der Waals surface area contributed by atoms with Crippen LogP contribution in [0.1, 0.15) is 37.6 Å². The molecule has 0 spiro atoms. The summed E-state index contributed by atoms with van der Waals surface area (Å²) in [6.45, 7) is 5.51. The number of nitrogens with one attached hydrogen (secondary N) is 1. The van der Waals surface area contributed by atoms with Crippen LogP contribution in [0.2, 0.25) is 0 Å². The average Bonchev–Trinajstić information content (AvgIpc) is 2.48. The van der Waals surface area contributed by atoms with Crippen molar-refractivity contribution in [1.82, 2.24) is 5.32 Å². The number of carboxylic acids is 1. The van der Waals surface area contributed by atoms with Crippen molar-refractivity contribution in [2.45, 2.75) is 32.8 Å². The summed E-state index contributed by atoms with van der Waals surface area (Å²) < 4.78 is 5.63. The molecule has 2 N–H and O–H groups in total. The van der Waals surface area contributed by atoms with E-state index in [0.29, 0.717) is 12.2 Å². The van der Waals surface area contributed by atoms with Gasteiger partial charge in [0.25, 0.3) is 5.91 Å². The molecule has 0 radical (unpaired) electrons. The standard InChI is InChI=1S/C16H20N2O5/c1-4-7-17-13(19)9-18-11-6-5-10(14(20)21)8-12(11)23-16(2,3)15(18)22/h5-6,8H,4,7,9H2,1-3H3,(H,17,19)(H,20,21). The molecule has 0 aromatic heterocycles. The van der Waals surface area contributed by atoms with Crippen LogP contribution in [0.5, 0.6) is 5.75 Å². The summed E-state index contributed by atoms with van der Waals surface area (Å²) in [6, 6.07) is 4.23. The average molecular weight is 320 g/mol. The summed E-state index contributed by atoms with van der Waals surface area (Å²) in [4.78, 5) is 36.9. The van der Waals surface area contributed by atoms with Gasteiger partial charge in [0.05, 0.1) is 11.3 Å². The lowest BCUT2D eigenvalue weighted by molar-refractivity contribution is -0.134. The number of ether oxygens (including phenoxy) is 1. The van der Waals surface area contributed by atoms with Gasteiger partial charge in [0.1, 0.15) is 12.3 Å². The number of hydrogen-bond donors (Lipinski definition) is 2. The zero-order chi connectivity index (χ0) is 17.2. The van der Waals surface area contributed by atoms with Crippen LogP contribution in [0.15, 0.2) is 18.2 Å². The molecule has 0 saturated heterocycles. The highest BCUT2D eigenvalue weighted by Crippen LogP contribution is 2.38. The maximum atomic E-state index is 12.5. The molecule has 2 rings (SSSR count). The van der Waals surface area contributed by atoms with Crippen molar-refractivity contribution in [2.75, 3.05) is 18.0 Å². The Bertz CT molecular complexity index is 654. The maximum absolute atomic E-state index is 12.5. The van der Waals surface area contributed by atoms with E-state index in [1.807, 2.05) is 6.92 Å². The van der Waals surface area contributed by atoms with Crippen LogP contribution in [-0.2, 0) is 9.59 Å². The van der Waals surface area contributed by atoms with Crippen LogP contribution in [-0.4, -0.2) is 41.6 Å². The minimum Gasteiger partial charge on any atom is -0.478 e. The Morgan fingerprint density at radius 3 is 2.65 bits per heavy atom. The third-order valence-electron chi connectivity index (χ3n) is 3.50. The number of fused-ring (bicyclic) bond motifs is 1. The van der Waals surface area contributed by atoms with Gasteiger partial charge in [-0.1, -0.05) is 6.92 Å². The molecule has 0 aliphatic carbocycles. The van der Waals surface area contributed by atoms with E-state index in [2.05, 4.69) is 5.32 Å². The summed E-state index contributed by atoms with van der Waals surface area (Å²) in [5, 5.41) is 11.8. The fourth-order valence-electron chi connectivity index (χ4n) is 2.33. The molecule has 7 heteroatoms. The number of carboxylic acid groups (broad SMARTS) is 1. The molecule has 23 heavy (non-hydrogen) atoms. The molecule has 1 aromatic rings. The van der Waals surface area contributed by atoms with Crippen LogP contribution in [0.3, 0.4) is 0 Å². The summed E-state index contributed by atoms with van der Waals surface area (Å²) in [7, 11) is 0. The Hall–Kier alpha value is -2.57. The van der Waals surface area contributed by atoms with Gasteiger partial charge in [0.2, 0.25) is 5.91 Å². The minimum atomic E-state index is -1.17. The summed E-state index contributed by atoms with van der Waals surface area (Å²) in [5.41, 5.74) is -0.718. The topological polar surface area (TPSA) is 95.9 Å². The number of amides is 2. The van der Waals surface area contributed by atoms with Crippen LogP contribution in [0.25, 0.3) is 0 Å². The predicted molar refractivity (Wildman–Crippen MR) is 83.8 cm³/mol. The zero-order valence-corrected chi connectivity index (χ0v) is 13.4. The highest BCUT2D eigenvalue weighted by molar-refractivity contribution is 6.06. The van der Waals surface area contributed by atoms with Crippen molar-refractivity contribution in [3.05, 3.63) is 23.8 Å². The van der Waals surface area contributed by atoms with Gasteiger partial charge in [0, 0.05) is 6.54 Å². The first-order valence-electron chi connectivity index (χ1n) is 7.41. The third-order valence-corrected chi connectivity index (χ3v) is 3.50. The molecule has 1 aromatic carbocycles. The number of rotatable bonds is 5. The Kier molecular flexibility index (Phi) is 4.58. The van der Waals surface area contributed by atoms with Gasteiger partial charge in [-0.25, -0.2) is 4.79 Å². The van der Waals surface area contributed by atoms with E-state index in [0.717, 1.165) is 6.42 Å². The Labute approximate surface area is 134 Å². The minimum absolute atomic E-state index is 0.0595. The molecule has 0 fully saturated rings. The van der Waals surface area contributed by atoms with Crippen molar-refractivity contribution in [1.29, 1.82) is 0 Å². The van der Waals surface area contributed by atoms with Crippen LogP contribution >= 0.6 is 0 Å². The highest BCUT2D eigenvalue weighted by Gasteiger charge is 2.41. The van der Waals surface area contributed by atoms with Crippen molar-refractivity contribution < 1.29 is 24.2 Å². The lowest BCUT2D eigenvalue weighted by atomic mass is 10.0. The van der Waals surface area contributed by atoms with E-state index >= 15 is 0 Å². The molecule has 0 bridgehead atoms. The van der Waals surface area contributed by atoms with Gasteiger partial charge in [0.15, 0.2) is 5.60 Å². The summed E-state index contributed by atoms with van der Waals surface area (Å²) in [6.07, 6.45) is 0.798. The molecule has 2 amide bonds. The molecule has 0 atom stereocenters. The molecule has 1 heterocycles. The lowest BCUT2D eigenvalue weighted by Crippen LogP contribution is -2.55. The van der Waals surface area contributed by atoms with E-state index in [1.165, 1.54) is 23.1 Å². The first-order valence-corrected chi connectivity index (χ1v) is 7.41. The monoisotopic (exact) mass is 320 g/mol. The maximum Gasteiger partial charge on any atom is 0.335 e. The summed E-state index contributed by atoms with van der Waals surface area (Å²) >= 11 is 0. The highest BCUT2D eigenvalue weighted by atomic mass is 16.5. The van der Waals surface area contributed by atoms with Crippen LogP contribution < -0.4 is 15.0 Å². The van der Waals surface area contributed by atoms with Gasteiger partial charge in [-0.15, -0.1) is 0 Å². The van der Waals surface area contributed by atoms with Crippen molar-refractivity contribution in [2.24, 2.45) is 0 Å². The predicted octanol–water partition coefficient (Wildman–Crippen LogP) is 1.41.